The summed E-state index contributed by atoms with van der Waals surface area (Å²) in [6, 6.07) is 19.6. The van der Waals surface area contributed by atoms with Crippen molar-refractivity contribution in [2.45, 2.75) is 63.7 Å². The predicted octanol–water partition coefficient (Wildman–Crippen LogP) is 6.27. The zero-order valence-electron chi connectivity index (χ0n) is 52.3. The Hall–Kier alpha value is -8.72. The molecule has 26 nitrogen and oxygen atoms in total. The number of amides is 4. The summed E-state index contributed by atoms with van der Waals surface area (Å²) in [4.78, 5) is 68.5. The van der Waals surface area contributed by atoms with Crippen molar-refractivity contribution >= 4 is 56.3 Å². The maximum absolute atomic E-state index is 14.5. The van der Waals surface area contributed by atoms with Gasteiger partial charge >= 0.3 is 0 Å². The monoisotopic (exact) mass is 1340 g/mol. The number of ether oxygens (including phenoxy) is 7. The first-order valence-corrected chi connectivity index (χ1v) is 32.4. The number of aliphatic hydroxyl groups is 1. The fourth-order valence-corrected chi connectivity index (χ4v) is 11.9. The Labute approximate surface area is 544 Å². The summed E-state index contributed by atoms with van der Waals surface area (Å²) < 4.78 is 103. The second-order valence-electron chi connectivity index (χ2n) is 22.5. The number of benzene rings is 3. The molecule has 4 amide bonds. The molecule has 0 spiro atoms. The third-order valence-corrected chi connectivity index (χ3v) is 17.1. The van der Waals surface area contributed by atoms with E-state index >= 15 is 0 Å². The molecule has 1 saturated heterocycles. The molecule has 9 rings (SSSR count). The van der Waals surface area contributed by atoms with Gasteiger partial charge in [-0.05, 0) is 65.9 Å². The van der Waals surface area contributed by atoms with Crippen LogP contribution in [0.1, 0.15) is 48.8 Å². The Bertz CT molecular complexity index is 4000. The van der Waals surface area contributed by atoms with Crippen LogP contribution in [0, 0.1) is 24.0 Å². The van der Waals surface area contributed by atoms with Crippen LogP contribution >= 0.6 is 11.3 Å². The summed E-state index contributed by atoms with van der Waals surface area (Å²) >= 11 is 1.56. The number of carbonyl (C=O) groups excluding carboxylic acids is 4. The number of aromatic nitrogens is 6. The number of nitrogens with zero attached hydrogens (tertiary/aromatic N) is 7. The number of likely N-dealkylation sites (tertiary alicyclic amines) is 1. The minimum absolute atomic E-state index is 0.0400. The van der Waals surface area contributed by atoms with Crippen molar-refractivity contribution < 1.29 is 79.1 Å². The number of nitrogens with one attached hydrogen (secondary N) is 4. The van der Waals surface area contributed by atoms with Crippen molar-refractivity contribution in [1.82, 2.24) is 50.4 Å². The number of thiazole rings is 1. The fraction of sp³-hybridized carbons (Fsp3) is 0.391. The van der Waals surface area contributed by atoms with Crippen LogP contribution in [0.25, 0.3) is 50.3 Å². The van der Waals surface area contributed by atoms with E-state index < -0.39 is 73.8 Å². The van der Waals surface area contributed by atoms with Crippen molar-refractivity contribution in [2.75, 3.05) is 104 Å². The van der Waals surface area contributed by atoms with Gasteiger partial charge in [0, 0.05) is 55.6 Å². The van der Waals surface area contributed by atoms with Crippen LogP contribution in [0.5, 0.6) is 5.88 Å². The van der Waals surface area contributed by atoms with E-state index in [-0.39, 0.29) is 94.6 Å². The summed E-state index contributed by atoms with van der Waals surface area (Å²) in [6.45, 7) is 10.5. The van der Waals surface area contributed by atoms with Gasteiger partial charge in [-0.15, -0.1) is 21.5 Å². The third-order valence-electron chi connectivity index (χ3n) is 14.7. The van der Waals surface area contributed by atoms with Crippen LogP contribution in [0.3, 0.4) is 0 Å². The van der Waals surface area contributed by atoms with Gasteiger partial charge in [-0.2, -0.15) is 0 Å². The highest BCUT2D eigenvalue weighted by molar-refractivity contribution is 7.92. The number of sulfonamides is 1. The number of anilines is 1. The molecular formula is C64H73F2N11O15S2. The Morgan fingerprint density at radius 2 is 1.43 bits per heavy atom. The molecular weight excluding hydrogens is 1260 g/mol. The lowest BCUT2D eigenvalue weighted by atomic mass is 9.85. The Morgan fingerprint density at radius 3 is 2.09 bits per heavy atom. The van der Waals surface area contributed by atoms with Gasteiger partial charge in [-0.25, -0.2) is 32.2 Å². The molecule has 0 saturated carbocycles. The van der Waals surface area contributed by atoms with Crippen LogP contribution in [0.2, 0.25) is 0 Å². The van der Waals surface area contributed by atoms with Gasteiger partial charge in [-0.3, -0.25) is 28.3 Å². The molecule has 1 aliphatic heterocycles. The predicted molar refractivity (Wildman–Crippen MR) is 340 cm³/mol. The number of β-amino-alcohol motifs (C(OH)–C–C–N with tert-alkyl or cyclic N) is 1. The molecule has 0 radical (unpaired) electrons. The number of methoxy groups -OCH3 is 1. The number of pyridine rings is 2. The zero-order chi connectivity index (χ0) is 66.8. The van der Waals surface area contributed by atoms with Crippen molar-refractivity contribution in [3.63, 3.8) is 0 Å². The van der Waals surface area contributed by atoms with Gasteiger partial charge in [0.15, 0.2) is 0 Å². The van der Waals surface area contributed by atoms with Crippen LogP contribution in [0.4, 0.5) is 14.5 Å². The number of hydrogen-bond donors (Lipinski definition) is 5. The molecule has 5 aromatic heterocycles. The average Bonchev–Trinajstić information content (AvgIpc) is 1.36. The number of rotatable bonds is 34. The number of halogens is 2. The molecule has 3 aromatic carbocycles. The van der Waals surface area contributed by atoms with Crippen molar-refractivity contribution in [3.8, 4) is 50.5 Å². The van der Waals surface area contributed by atoms with Crippen LogP contribution in [0.15, 0.2) is 118 Å². The second kappa shape index (κ2) is 32.9. The van der Waals surface area contributed by atoms with E-state index in [2.05, 4.69) is 45.8 Å². The van der Waals surface area contributed by atoms with E-state index in [4.69, 9.17) is 37.6 Å². The van der Waals surface area contributed by atoms with Gasteiger partial charge in [0.25, 0.3) is 21.8 Å². The number of aryl methyl sites for hydroxylation is 1. The lowest BCUT2D eigenvalue weighted by molar-refractivity contribution is -0.144. The minimum Gasteiger partial charge on any atom is -0.480 e. The maximum Gasteiger partial charge on any atom is 0.266 e. The van der Waals surface area contributed by atoms with E-state index in [1.54, 1.807) is 63.8 Å². The Kier molecular flexibility index (Phi) is 24.4. The van der Waals surface area contributed by atoms with E-state index in [1.165, 1.54) is 30.5 Å². The molecule has 0 aliphatic carbocycles. The molecule has 1 aliphatic rings. The van der Waals surface area contributed by atoms with Crippen molar-refractivity contribution in [3.05, 3.63) is 137 Å². The maximum atomic E-state index is 14.5. The zero-order valence-corrected chi connectivity index (χ0v) is 53.9. The summed E-state index contributed by atoms with van der Waals surface area (Å²) in [5.41, 5.74) is 6.37. The highest BCUT2D eigenvalue weighted by atomic mass is 32.2. The topological polar surface area (TPSA) is 321 Å². The summed E-state index contributed by atoms with van der Waals surface area (Å²) in [5, 5.41) is 27.6. The highest BCUT2D eigenvalue weighted by Crippen LogP contribution is 2.34. The van der Waals surface area contributed by atoms with Gasteiger partial charge in [0.1, 0.15) is 52.2 Å². The molecule has 30 heteroatoms. The molecule has 500 valence electrons. The van der Waals surface area contributed by atoms with E-state index in [0.29, 0.717) is 73.7 Å². The smallest absolute Gasteiger partial charge is 0.266 e. The van der Waals surface area contributed by atoms with Crippen LogP contribution in [-0.2, 0) is 59.4 Å². The van der Waals surface area contributed by atoms with E-state index in [9.17, 15) is 41.5 Å². The van der Waals surface area contributed by atoms with Crippen molar-refractivity contribution in [2.24, 2.45) is 5.41 Å². The summed E-state index contributed by atoms with van der Waals surface area (Å²) in [5.74, 6) is -3.93. The number of aliphatic hydroxyl groups excluding tert-OH is 1. The first-order chi connectivity index (χ1) is 45.3. The number of carbonyl (C=O) groups is 4. The Balaban J connectivity index is 0.603. The fourth-order valence-electron chi connectivity index (χ4n) is 9.93. The quantitative estimate of drug-likeness (QED) is 0.0277. The van der Waals surface area contributed by atoms with Crippen LogP contribution < -0.4 is 25.4 Å². The van der Waals surface area contributed by atoms with Crippen LogP contribution in [-0.4, -0.2) is 189 Å². The molecule has 3 unspecified atom stereocenters. The average molecular weight is 1340 g/mol. The standard InChI is InChI=1S/C64H73F2N11O15S2/c1-40-56(93-39-71-40)42-12-10-41(11-13-42)33-69-59(81)51-32-46(78)37-77(51)63(82)57(64(2,3)4)72-55(79)38-91-29-28-90-27-26-89-25-24-88-23-22-87-21-20-86-19-18-67-58(80)47-8-6-7-9-48(47)60-73-74-62(92-60)52-35-68-54-17-14-43(36-76(52)54)44-30-50(61(85-5)70-34-44)75-94(83,84)53-16-15-45(65)31-49(53)66/h6-17,30-31,34-36,39,46,51,57,75,78H,18-29,32-33,37-38H2,1-5H3,(H,67,80)(H,69,81)(H,72,79). The van der Waals surface area contributed by atoms with Gasteiger partial charge < -0.3 is 63.5 Å². The highest BCUT2D eigenvalue weighted by Gasteiger charge is 2.44. The Morgan fingerprint density at radius 1 is 0.766 bits per heavy atom. The molecule has 3 atom stereocenters. The van der Waals surface area contributed by atoms with E-state index in [0.717, 1.165) is 33.8 Å². The normalized spacial score (nSPS) is 14.5. The van der Waals surface area contributed by atoms with Crippen molar-refractivity contribution in [1.29, 1.82) is 0 Å². The molecule has 8 aromatic rings. The lowest BCUT2D eigenvalue weighted by Crippen LogP contribution is -2.58. The summed E-state index contributed by atoms with van der Waals surface area (Å²) in [7, 11) is -3.25. The SMILES string of the molecule is COc1ncc(-c2ccc3ncc(-c4nnc(-c5ccccc5C(=O)NCCOCCOCCOCCOCCOCCOCC(=O)NC(C(=O)N5CC(O)CC5C(=O)NCc5ccc(-c6scnc6C)cc5)C(C)(C)C)o4)n3c2)cc1NS(=O)(=O)c1ccc(F)cc1F. The minimum atomic E-state index is -4.53. The molecule has 94 heavy (non-hydrogen) atoms. The van der Waals surface area contributed by atoms with Gasteiger partial charge in [-0.1, -0.05) is 57.2 Å². The largest absolute Gasteiger partial charge is 0.480 e. The number of hydrogen-bond acceptors (Lipinski definition) is 21. The van der Waals surface area contributed by atoms with Gasteiger partial charge in [0.05, 0.1) is 119 Å². The first-order valence-electron chi connectivity index (χ1n) is 30.0. The molecule has 1 fully saturated rings. The number of imidazole rings is 1. The molecule has 0 bridgehead atoms. The molecule has 6 heterocycles. The number of fused-ring (bicyclic) bond motifs is 1. The van der Waals surface area contributed by atoms with E-state index in [1.807, 2.05) is 52.0 Å². The third kappa shape index (κ3) is 18.6. The second-order valence-corrected chi connectivity index (χ2v) is 25.0. The summed E-state index contributed by atoms with van der Waals surface area (Å²) in [6.07, 6.45) is 3.85. The lowest BCUT2D eigenvalue weighted by Gasteiger charge is -2.35. The van der Waals surface area contributed by atoms with Gasteiger partial charge in [0.2, 0.25) is 29.5 Å². The first kappa shape index (κ1) is 69.6. The molecule has 5 N–H and O–H groups in total.